The molecule has 10 heteroatoms. The first kappa shape index (κ1) is 26.2. The van der Waals surface area contributed by atoms with Crippen molar-refractivity contribution >= 4 is 33.0 Å². The number of carbonyl (C=O) groups is 1. The predicted molar refractivity (Wildman–Crippen MR) is 134 cm³/mol. The molecule has 3 aromatic carbocycles. The summed E-state index contributed by atoms with van der Waals surface area (Å²) in [5.74, 6) is -0.358. The van der Waals surface area contributed by atoms with E-state index in [0.717, 1.165) is 5.69 Å². The second-order valence-corrected chi connectivity index (χ2v) is 9.39. The van der Waals surface area contributed by atoms with Crippen LogP contribution in [0.1, 0.15) is 10.4 Å². The van der Waals surface area contributed by atoms with E-state index in [1.807, 2.05) is 30.3 Å². The van der Waals surface area contributed by atoms with Crippen LogP contribution in [-0.2, 0) is 19.5 Å². The zero-order valence-electron chi connectivity index (χ0n) is 19.6. The molecule has 1 amide bonds. The molecule has 0 saturated carbocycles. The van der Waals surface area contributed by atoms with Crippen LogP contribution < -0.4 is 5.32 Å². The number of hydrogen-bond acceptors (Lipinski definition) is 7. The maximum absolute atomic E-state index is 13.0. The molecule has 0 bridgehead atoms. The number of sulfonamides is 1. The van der Waals surface area contributed by atoms with Gasteiger partial charge in [0.1, 0.15) is 0 Å². The van der Waals surface area contributed by atoms with Crippen molar-refractivity contribution in [3.63, 3.8) is 0 Å². The van der Waals surface area contributed by atoms with Crippen LogP contribution >= 0.6 is 0 Å². The summed E-state index contributed by atoms with van der Waals surface area (Å²) >= 11 is 0. The van der Waals surface area contributed by atoms with Gasteiger partial charge in [-0.2, -0.15) is 14.5 Å². The van der Waals surface area contributed by atoms with Gasteiger partial charge in [-0.25, -0.2) is 8.42 Å². The maximum Gasteiger partial charge on any atom is 0.255 e. The van der Waals surface area contributed by atoms with Gasteiger partial charge in [0, 0.05) is 38.6 Å². The summed E-state index contributed by atoms with van der Waals surface area (Å²) in [5, 5.41) is 11.1. The Labute approximate surface area is 205 Å². The molecule has 184 valence electrons. The van der Waals surface area contributed by atoms with Crippen molar-refractivity contribution in [3.8, 4) is 0 Å². The van der Waals surface area contributed by atoms with Gasteiger partial charge in [-0.15, -0.1) is 0 Å². The smallest absolute Gasteiger partial charge is 0.255 e. The lowest BCUT2D eigenvalue weighted by molar-refractivity contribution is 0.102. The Morgan fingerprint density at radius 1 is 0.800 bits per heavy atom. The summed E-state index contributed by atoms with van der Waals surface area (Å²) in [4.78, 5) is 12.7. The van der Waals surface area contributed by atoms with Crippen LogP contribution in [0.15, 0.2) is 94.0 Å². The molecule has 0 radical (unpaired) electrons. The molecular formula is C25H28N4O5S. The Hall–Kier alpha value is -3.44. The molecular weight excluding hydrogens is 468 g/mol. The quantitative estimate of drug-likeness (QED) is 0.368. The summed E-state index contributed by atoms with van der Waals surface area (Å²) in [6.45, 7) is 0.919. The highest BCUT2D eigenvalue weighted by molar-refractivity contribution is 7.89. The van der Waals surface area contributed by atoms with E-state index < -0.39 is 10.0 Å². The fraction of sp³-hybridized carbons (Fsp3) is 0.240. The Morgan fingerprint density at radius 2 is 1.34 bits per heavy atom. The molecule has 35 heavy (non-hydrogen) atoms. The van der Waals surface area contributed by atoms with Gasteiger partial charge in [0.05, 0.1) is 29.5 Å². The molecule has 0 aliphatic carbocycles. The van der Waals surface area contributed by atoms with Crippen molar-refractivity contribution in [1.29, 1.82) is 0 Å². The molecule has 3 aromatic rings. The van der Waals surface area contributed by atoms with Crippen molar-refractivity contribution in [3.05, 3.63) is 84.4 Å². The van der Waals surface area contributed by atoms with Crippen LogP contribution in [0.4, 0.5) is 17.1 Å². The van der Waals surface area contributed by atoms with E-state index in [2.05, 4.69) is 15.5 Å². The second kappa shape index (κ2) is 12.9. The molecule has 0 atom stereocenters. The third kappa shape index (κ3) is 7.52. The lowest BCUT2D eigenvalue weighted by atomic mass is 10.2. The van der Waals surface area contributed by atoms with Gasteiger partial charge in [-0.3, -0.25) is 4.79 Å². The average molecular weight is 497 g/mol. The van der Waals surface area contributed by atoms with E-state index in [1.165, 1.54) is 42.8 Å². The SMILES string of the molecule is COCCN(CCOC)S(=O)(=O)c1ccc(C(=O)Nc2ccc(N=Nc3ccccc3)cc2)cc1. The third-order valence-corrected chi connectivity index (χ3v) is 6.92. The molecule has 0 saturated heterocycles. The molecule has 0 fully saturated rings. The highest BCUT2D eigenvalue weighted by atomic mass is 32.2. The van der Waals surface area contributed by atoms with E-state index in [0.29, 0.717) is 16.9 Å². The van der Waals surface area contributed by atoms with Crippen LogP contribution in [0.25, 0.3) is 0 Å². The van der Waals surface area contributed by atoms with Gasteiger partial charge in [-0.05, 0) is 60.7 Å². The fourth-order valence-electron chi connectivity index (χ4n) is 3.09. The molecule has 1 N–H and O–H groups in total. The first-order valence-corrected chi connectivity index (χ1v) is 12.3. The molecule has 0 aromatic heterocycles. The van der Waals surface area contributed by atoms with Crippen LogP contribution in [0.2, 0.25) is 0 Å². The number of azo groups is 1. The number of methoxy groups -OCH3 is 2. The van der Waals surface area contributed by atoms with Crippen molar-refractivity contribution < 1.29 is 22.7 Å². The highest BCUT2D eigenvalue weighted by Crippen LogP contribution is 2.21. The van der Waals surface area contributed by atoms with E-state index >= 15 is 0 Å². The molecule has 0 heterocycles. The van der Waals surface area contributed by atoms with Gasteiger partial charge < -0.3 is 14.8 Å². The molecule has 0 unspecified atom stereocenters. The standard InChI is InChI=1S/C25H28N4O5S/c1-33-18-16-29(17-19-34-2)35(31,32)24-14-8-20(9-15-24)25(30)26-21-10-12-23(13-11-21)28-27-22-6-4-3-5-7-22/h3-15H,16-19H2,1-2H3,(H,26,30). The highest BCUT2D eigenvalue weighted by Gasteiger charge is 2.24. The molecule has 0 aliphatic heterocycles. The maximum atomic E-state index is 13.0. The Morgan fingerprint density at radius 3 is 1.89 bits per heavy atom. The molecule has 3 rings (SSSR count). The normalized spacial score (nSPS) is 11.7. The predicted octanol–water partition coefficient (Wildman–Crippen LogP) is 4.64. The molecule has 0 aliphatic rings. The number of ether oxygens (including phenoxy) is 2. The third-order valence-electron chi connectivity index (χ3n) is 5.01. The van der Waals surface area contributed by atoms with Crippen LogP contribution in [0.3, 0.4) is 0 Å². The summed E-state index contributed by atoms with van der Waals surface area (Å²) < 4.78 is 37.3. The van der Waals surface area contributed by atoms with Gasteiger partial charge in [0.25, 0.3) is 5.91 Å². The molecule has 9 nitrogen and oxygen atoms in total. The Bertz CT molecular complexity index is 1210. The zero-order chi connectivity index (χ0) is 25.1. The minimum atomic E-state index is -3.75. The largest absolute Gasteiger partial charge is 0.383 e. The zero-order valence-corrected chi connectivity index (χ0v) is 20.4. The van der Waals surface area contributed by atoms with Crippen LogP contribution in [0, 0.1) is 0 Å². The number of carbonyl (C=O) groups excluding carboxylic acids is 1. The van der Waals surface area contributed by atoms with Crippen molar-refractivity contribution in [2.75, 3.05) is 45.8 Å². The van der Waals surface area contributed by atoms with Crippen LogP contribution in [0.5, 0.6) is 0 Å². The van der Waals surface area contributed by atoms with Crippen LogP contribution in [-0.4, -0.2) is 59.2 Å². The summed E-state index contributed by atoms with van der Waals surface area (Å²) in [6.07, 6.45) is 0. The topological polar surface area (TPSA) is 110 Å². The van der Waals surface area contributed by atoms with Gasteiger partial charge in [0.2, 0.25) is 10.0 Å². The second-order valence-electron chi connectivity index (χ2n) is 7.45. The number of benzene rings is 3. The Balaban J connectivity index is 1.64. The number of nitrogens with one attached hydrogen (secondary N) is 1. The van der Waals surface area contributed by atoms with E-state index in [1.54, 1.807) is 24.3 Å². The lowest BCUT2D eigenvalue weighted by Gasteiger charge is -2.21. The number of hydrogen-bond donors (Lipinski definition) is 1. The van der Waals surface area contributed by atoms with Gasteiger partial charge >= 0.3 is 0 Å². The summed E-state index contributed by atoms with van der Waals surface area (Å²) in [6, 6.07) is 22.1. The lowest BCUT2D eigenvalue weighted by Crippen LogP contribution is -2.36. The monoisotopic (exact) mass is 496 g/mol. The number of rotatable bonds is 12. The minimum absolute atomic E-state index is 0.0920. The Kier molecular flexibility index (Phi) is 9.62. The summed E-state index contributed by atoms with van der Waals surface area (Å²) in [7, 11) is -0.733. The van der Waals surface area contributed by atoms with E-state index in [4.69, 9.17) is 9.47 Å². The fourth-order valence-corrected chi connectivity index (χ4v) is 4.50. The molecule has 0 spiro atoms. The van der Waals surface area contributed by atoms with E-state index in [-0.39, 0.29) is 37.1 Å². The minimum Gasteiger partial charge on any atom is -0.383 e. The van der Waals surface area contributed by atoms with Gasteiger partial charge in [0.15, 0.2) is 0 Å². The number of anilines is 1. The summed E-state index contributed by atoms with van der Waals surface area (Å²) in [5.41, 5.74) is 2.30. The average Bonchev–Trinajstić information content (AvgIpc) is 2.89. The van der Waals surface area contributed by atoms with Crippen molar-refractivity contribution in [1.82, 2.24) is 4.31 Å². The number of amides is 1. The first-order valence-electron chi connectivity index (χ1n) is 10.9. The van der Waals surface area contributed by atoms with Crippen molar-refractivity contribution in [2.45, 2.75) is 4.90 Å². The van der Waals surface area contributed by atoms with Crippen molar-refractivity contribution in [2.24, 2.45) is 10.2 Å². The van der Waals surface area contributed by atoms with Gasteiger partial charge in [-0.1, -0.05) is 18.2 Å². The van der Waals surface area contributed by atoms with E-state index in [9.17, 15) is 13.2 Å². The first-order chi connectivity index (χ1) is 16.9. The number of nitrogens with zero attached hydrogens (tertiary/aromatic N) is 3.